The Kier molecular flexibility index (Phi) is 3.34. The molecule has 0 bridgehead atoms. The minimum atomic E-state index is -4.86. The Morgan fingerprint density at radius 2 is 1.42 bits per heavy atom. The van der Waals surface area contributed by atoms with Crippen molar-refractivity contribution < 1.29 is 26.3 Å². The summed E-state index contributed by atoms with van der Waals surface area (Å²) in [6.45, 7) is 0. The highest BCUT2D eigenvalue weighted by atomic mass is 32.1. The molecule has 1 radical (unpaired) electrons. The van der Waals surface area contributed by atoms with Gasteiger partial charge in [-0.2, -0.15) is 26.3 Å². The molecule has 2 rings (SSSR count). The van der Waals surface area contributed by atoms with E-state index < -0.39 is 29.0 Å². The summed E-state index contributed by atoms with van der Waals surface area (Å²) in [6.07, 6.45) is -9.73. The lowest BCUT2D eigenvalue weighted by Gasteiger charge is -2.17. The Morgan fingerprint density at radius 3 is 1.79 bits per heavy atom. The van der Waals surface area contributed by atoms with Crippen molar-refractivity contribution in [1.29, 1.82) is 0 Å². The van der Waals surface area contributed by atoms with E-state index in [1.54, 1.807) is 0 Å². The number of rotatable bonds is 1. The van der Waals surface area contributed by atoms with Crippen molar-refractivity contribution in [3.05, 3.63) is 46.8 Å². The Balaban J connectivity index is 2.78. The molecule has 0 saturated heterocycles. The van der Waals surface area contributed by atoms with Crippen molar-refractivity contribution in [2.75, 3.05) is 0 Å². The lowest BCUT2D eigenvalue weighted by atomic mass is 9.98. The molecular weight excluding hydrogens is 290 g/mol. The first-order valence-corrected chi connectivity index (χ1v) is 5.81. The van der Waals surface area contributed by atoms with Gasteiger partial charge in [0, 0.05) is 10.4 Å². The summed E-state index contributed by atoms with van der Waals surface area (Å²) < 4.78 is 77.0. The van der Waals surface area contributed by atoms with E-state index >= 15 is 0 Å². The number of thiophene rings is 1. The average Bonchev–Trinajstić information content (AvgIpc) is 2.78. The fourth-order valence-corrected chi connectivity index (χ4v) is 2.43. The first kappa shape index (κ1) is 13.9. The molecule has 2 aromatic rings. The maximum atomic E-state index is 12.8. The predicted octanol–water partition coefficient (Wildman–Crippen LogP) is 5.25. The van der Waals surface area contributed by atoms with Gasteiger partial charge in [0.1, 0.15) is 0 Å². The zero-order valence-corrected chi connectivity index (χ0v) is 9.88. The van der Waals surface area contributed by atoms with E-state index in [0.29, 0.717) is 12.1 Å². The van der Waals surface area contributed by atoms with Crippen LogP contribution in [0.3, 0.4) is 0 Å². The van der Waals surface area contributed by atoms with E-state index in [2.05, 4.69) is 0 Å². The van der Waals surface area contributed by atoms with Gasteiger partial charge in [0.15, 0.2) is 0 Å². The summed E-state index contributed by atoms with van der Waals surface area (Å²) in [5.41, 5.74) is -3.50. The third-order valence-corrected chi connectivity index (χ3v) is 3.26. The van der Waals surface area contributed by atoms with Crippen molar-refractivity contribution in [3.63, 3.8) is 0 Å². The molecule has 0 nitrogen and oxygen atoms in total. The number of hydrogen-bond donors (Lipinski definition) is 0. The third-order valence-electron chi connectivity index (χ3n) is 2.37. The zero-order chi connectivity index (χ0) is 14.3. The Bertz CT molecular complexity index is 533. The summed E-state index contributed by atoms with van der Waals surface area (Å²) in [6, 6.07) is 5.60. The van der Waals surface area contributed by atoms with E-state index in [0.717, 1.165) is 11.3 Å². The van der Waals surface area contributed by atoms with Gasteiger partial charge in [0.2, 0.25) is 0 Å². The second kappa shape index (κ2) is 4.56. The van der Waals surface area contributed by atoms with Gasteiger partial charge in [-0.3, -0.25) is 0 Å². The van der Waals surface area contributed by atoms with Gasteiger partial charge >= 0.3 is 12.4 Å². The van der Waals surface area contributed by atoms with E-state index in [4.69, 9.17) is 0 Å². The van der Waals surface area contributed by atoms with Gasteiger partial charge in [0.25, 0.3) is 0 Å². The number of alkyl halides is 6. The lowest BCUT2D eigenvalue weighted by Crippen LogP contribution is -2.13. The number of benzene rings is 1. The molecule has 19 heavy (non-hydrogen) atoms. The molecule has 1 heterocycles. The van der Waals surface area contributed by atoms with Crippen LogP contribution in [-0.4, -0.2) is 0 Å². The SMILES string of the molecule is FC(F)(F)c1c[c]cc(C(F)(F)F)c1-c1cccs1. The van der Waals surface area contributed by atoms with Crippen LogP contribution in [0.1, 0.15) is 11.1 Å². The quantitative estimate of drug-likeness (QED) is 0.630. The smallest absolute Gasteiger partial charge is 0.166 e. The van der Waals surface area contributed by atoms with Gasteiger partial charge < -0.3 is 0 Å². The van der Waals surface area contributed by atoms with Gasteiger partial charge in [-0.15, -0.1) is 11.3 Å². The van der Waals surface area contributed by atoms with E-state index in [1.807, 2.05) is 6.07 Å². The van der Waals surface area contributed by atoms with Crippen molar-refractivity contribution >= 4 is 11.3 Å². The standard InChI is InChI=1S/C12H5F6S/c13-11(14,15)7-3-1-4-8(12(16,17)18)10(7)9-5-2-6-19-9/h2-6H. The highest BCUT2D eigenvalue weighted by Crippen LogP contribution is 2.45. The molecule has 1 aromatic heterocycles. The molecule has 7 heteroatoms. The monoisotopic (exact) mass is 295 g/mol. The Labute approximate surface area is 108 Å². The second-order valence-corrected chi connectivity index (χ2v) is 4.58. The molecule has 0 amide bonds. The molecule has 0 aliphatic carbocycles. The van der Waals surface area contributed by atoms with Crippen molar-refractivity contribution in [1.82, 2.24) is 0 Å². The maximum absolute atomic E-state index is 12.8. The maximum Gasteiger partial charge on any atom is 0.417 e. The molecule has 0 fully saturated rings. The van der Waals surface area contributed by atoms with Crippen LogP contribution in [0.15, 0.2) is 29.6 Å². The lowest BCUT2D eigenvalue weighted by molar-refractivity contribution is -0.142. The minimum absolute atomic E-state index is 0.0753. The fourth-order valence-electron chi connectivity index (χ4n) is 1.63. The summed E-state index contributed by atoms with van der Waals surface area (Å²) in [7, 11) is 0. The molecule has 0 aliphatic rings. The molecule has 101 valence electrons. The first-order valence-electron chi connectivity index (χ1n) is 4.93. The van der Waals surface area contributed by atoms with Crippen LogP contribution in [0.2, 0.25) is 0 Å². The average molecular weight is 295 g/mol. The normalized spacial score (nSPS) is 12.7. The van der Waals surface area contributed by atoms with Gasteiger partial charge in [-0.25, -0.2) is 0 Å². The molecule has 0 spiro atoms. The van der Waals surface area contributed by atoms with Crippen LogP contribution in [0, 0.1) is 6.07 Å². The van der Waals surface area contributed by atoms with Crippen molar-refractivity contribution in [2.45, 2.75) is 12.4 Å². The second-order valence-electron chi connectivity index (χ2n) is 3.63. The van der Waals surface area contributed by atoms with E-state index in [9.17, 15) is 26.3 Å². The third kappa shape index (κ3) is 2.75. The van der Waals surface area contributed by atoms with Gasteiger partial charge in [-0.1, -0.05) is 6.07 Å². The van der Waals surface area contributed by atoms with Crippen LogP contribution in [0.25, 0.3) is 10.4 Å². The summed E-state index contributed by atoms with van der Waals surface area (Å²) >= 11 is 0.823. The summed E-state index contributed by atoms with van der Waals surface area (Å²) in [5, 5.41) is 1.42. The number of hydrogen-bond acceptors (Lipinski definition) is 1. The van der Waals surface area contributed by atoms with Crippen LogP contribution in [0.5, 0.6) is 0 Å². The fraction of sp³-hybridized carbons (Fsp3) is 0.167. The minimum Gasteiger partial charge on any atom is -0.166 e. The van der Waals surface area contributed by atoms with Crippen LogP contribution in [0.4, 0.5) is 26.3 Å². The Morgan fingerprint density at radius 1 is 0.895 bits per heavy atom. The summed E-state index contributed by atoms with van der Waals surface area (Å²) in [5.74, 6) is 0. The first-order chi connectivity index (χ1) is 8.71. The zero-order valence-electron chi connectivity index (χ0n) is 9.06. The molecular formula is C12H5F6S. The molecule has 1 aromatic carbocycles. The van der Waals surface area contributed by atoms with Crippen LogP contribution >= 0.6 is 11.3 Å². The van der Waals surface area contributed by atoms with Crippen LogP contribution in [-0.2, 0) is 12.4 Å². The van der Waals surface area contributed by atoms with Crippen molar-refractivity contribution in [3.8, 4) is 10.4 Å². The molecule has 0 saturated carbocycles. The molecule has 0 unspecified atom stereocenters. The topological polar surface area (TPSA) is 0 Å². The van der Waals surface area contributed by atoms with E-state index in [1.165, 1.54) is 17.5 Å². The van der Waals surface area contributed by atoms with Crippen LogP contribution < -0.4 is 0 Å². The molecule has 0 atom stereocenters. The van der Waals surface area contributed by atoms with E-state index in [-0.39, 0.29) is 4.88 Å². The van der Waals surface area contributed by atoms with Crippen molar-refractivity contribution in [2.24, 2.45) is 0 Å². The number of halogens is 6. The van der Waals surface area contributed by atoms with Gasteiger partial charge in [-0.05, 0) is 29.6 Å². The largest absolute Gasteiger partial charge is 0.417 e. The predicted molar refractivity (Wildman–Crippen MR) is 58.6 cm³/mol. The highest BCUT2D eigenvalue weighted by Gasteiger charge is 2.41. The summed E-state index contributed by atoms with van der Waals surface area (Å²) in [4.78, 5) is -0.0753. The Hall–Kier alpha value is -1.50. The van der Waals surface area contributed by atoms with Gasteiger partial charge in [0.05, 0.1) is 11.1 Å². The molecule has 0 N–H and O–H groups in total. The molecule has 0 aliphatic heterocycles. The highest BCUT2D eigenvalue weighted by molar-refractivity contribution is 7.13.